The maximum atomic E-state index is 13.5. The molecule has 0 aliphatic heterocycles. The van der Waals surface area contributed by atoms with Crippen molar-refractivity contribution in [3.8, 4) is 0 Å². The average Bonchev–Trinajstić information content (AvgIpc) is 2.39. The summed E-state index contributed by atoms with van der Waals surface area (Å²) in [6.45, 7) is 7.70. The second-order valence-corrected chi connectivity index (χ2v) is 5.35. The summed E-state index contributed by atoms with van der Waals surface area (Å²) in [4.78, 5) is 8.86. The highest BCUT2D eigenvalue weighted by Gasteiger charge is 2.13. The first-order chi connectivity index (χ1) is 9.90. The molecule has 0 aliphatic carbocycles. The molecule has 2 rings (SSSR count). The summed E-state index contributed by atoms with van der Waals surface area (Å²) in [5.41, 5.74) is 4.84. The Kier molecular flexibility index (Phi) is 4.37. The summed E-state index contributed by atoms with van der Waals surface area (Å²) >= 11 is 0. The van der Waals surface area contributed by atoms with Gasteiger partial charge in [-0.1, -0.05) is 13.8 Å². The summed E-state index contributed by atoms with van der Waals surface area (Å²) < 4.78 is 13.5. The lowest BCUT2D eigenvalue weighted by molar-refractivity contribution is 0.627. The van der Waals surface area contributed by atoms with Crippen LogP contribution in [0.5, 0.6) is 0 Å². The Bertz CT molecular complexity index is 635. The Morgan fingerprint density at radius 1 is 1.10 bits per heavy atom. The average molecular weight is 289 g/mol. The molecule has 0 radical (unpaired) electrons. The number of nitrogens with one attached hydrogen (secondary N) is 2. The van der Waals surface area contributed by atoms with Gasteiger partial charge in [-0.3, -0.25) is 0 Å². The number of rotatable bonds is 4. The number of anilines is 3. The van der Waals surface area contributed by atoms with Crippen molar-refractivity contribution in [1.82, 2.24) is 9.97 Å². The molecule has 4 N–H and O–H groups in total. The van der Waals surface area contributed by atoms with Gasteiger partial charge in [0.1, 0.15) is 23.3 Å². The molecule has 0 bridgehead atoms. The summed E-state index contributed by atoms with van der Waals surface area (Å²) in [6, 6.07) is 4.76. The quantitative estimate of drug-likeness (QED) is 0.594. The topological polar surface area (TPSA) is 75.9 Å². The number of aryl methyl sites for hydroxylation is 1. The Morgan fingerprint density at radius 3 is 2.33 bits per heavy atom. The van der Waals surface area contributed by atoms with Crippen LogP contribution in [0.4, 0.5) is 21.7 Å². The van der Waals surface area contributed by atoms with Gasteiger partial charge < -0.3 is 10.7 Å². The molecule has 0 fully saturated rings. The first-order valence-electron chi connectivity index (χ1n) is 6.80. The fourth-order valence-corrected chi connectivity index (χ4v) is 2.00. The summed E-state index contributed by atoms with van der Waals surface area (Å²) in [5.74, 6) is 7.22. The molecule has 0 saturated carbocycles. The molecule has 2 aromatic rings. The van der Waals surface area contributed by atoms with E-state index in [-0.39, 0.29) is 11.7 Å². The van der Waals surface area contributed by atoms with E-state index >= 15 is 0 Å². The van der Waals surface area contributed by atoms with Crippen LogP contribution < -0.4 is 16.6 Å². The Balaban J connectivity index is 2.45. The monoisotopic (exact) mass is 289 g/mol. The van der Waals surface area contributed by atoms with Crippen LogP contribution in [-0.2, 0) is 0 Å². The molecule has 0 aliphatic rings. The van der Waals surface area contributed by atoms with Crippen molar-refractivity contribution in [2.75, 3.05) is 10.7 Å². The van der Waals surface area contributed by atoms with E-state index in [1.54, 1.807) is 0 Å². The maximum absolute atomic E-state index is 13.5. The lowest BCUT2D eigenvalue weighted by Gasteiger charge is -2.15. The van der Waals surface area contributed by atoms with Gasteiger partial charge in [-0.05, 0) is 37.6 Å². The van der Waals surface area contributed by atoms with Gasteiger partial charge in [0.25, 0.3) is 0 Å². The van der Waals surface area contributed by atoms with Gasteiger partial charge in [-0.15, -0.1) is 0 Å². The minimum atomic E-state index is -0.287. The molecule has 6 heteroatoms. The first-order valence-corrected chi connectivity index (χ1v) is 6.80. The molecule has 5 nitrogen and oxygen atoms in total. The number of hydrazine groups is 1. The van der Waals surface area contributed by atoms with Crippen molar-refractivity contribution in [3.05, 3.63) is 41.0 Å². The predicted molar refractivity (Wildman–Crippen MR) is 83.1 cm³/mol. The lowest BCUT2D eigenvalue weighted by Crippen LogP contribution is -2.14. The Labute approximate surface area is 123 Å². The third-order valence-electron chi connectivity index (χ3n) is 3.12. The molecule has 1 aromatic heterocycles. The van der Waals surface area contributed by atoms with Gasteiger partial charge >= 0.3 is 0 Å². The van der Waals surface area contributed by atoms with Crippen molar-refractivity contribution in [3.63, 3.8) is 0 Å². The summed E-state index contributed by atoms with van der Waals surface area (Å²) in [5, 5.41) is 3.14. The van der Waals surface area contributed by atoms with Gasteiger partial charge in [0.15, 0.2) is 0 Å². The number of nitrogens with two attached hydrogens (primary N) is 1. The van der Waals surface area contributed by atoms with Gasteiger partial charge in [0, 0.05) is 17.2 Å². The van der Waals surface area contributed by atoms with Gasteiger partial charge in [0.2, 0.25) is 0 Å². The zero-order valence-corrected chi connectivity index (χ0v) is 12.7. The van der Waals surface area contributed by atoms with Crippen LogP contribution in [0.1, 0.15) is 36.7 Å². The van der Waals surface area contributed by atoms with E-state index in [1.807, 2.05) is 33.8 Å². The van der Waals surface area contributed by atoms with Gasteiger partial charge in [-0.25, -0.2) is 20.2 Å². The second-order valence-electron chi connectivity index (χ2n) is 5.35. The lowest BCUT2D eigenvalue weighted by atomic mass is 10.2. The van der Waals surface area contributed by atoms with Crippen LogP contribution in [0.15, 0.2) is 18.2 Å². The molecular formula is C15H20FN5. The molecule has 1 heterocycles. The molecular weight excluding hydrogens is 269 g/mol. The van der Waals surface area contributed by atoms with Crippen molar-refractivity contribution < 1.29 is 4.39 Å². The predicted octanol–water partition coefficient (Wildman–Crippen LogP) is 3.39. The van der Waals surface area contributed by atoms with Gasteiger partial charge in [0.05, 0.1) is 0 Å². The Hall–Kier alpha value is -2.21. The third-order valence-corrected chi connectivity index (χ3v) is 3.12. The van der Waals surface area contributed by atoms with E-state index in [1.165, 1.54) is 12.1 Å². The van der Waals surface area contributed by atoms with E-state index in [9.17, 15) is 4.39 Å². The van der Waals surface area contributed by atoms with Crippen molar-refractivity contribution in [2.45, 2.75) is 33.6 Å². The number of nitrogen functional groups attached to an aromatic ring is 1. The van der Waals surface area contributed by atoms with Gasteiger partial charge in [-0.2, -0.15) is 0 Å². The minimum absolute atomic E-state index is 0.160. The first kappa shape index (κ1) is 15.2. The maximum Gasteiger partial charge on any atom is 0.148 e. The summed E-state index contributed by atoms with van der Waals surface area (Å²) in [6.07, 6.45) is 0. The van der Waals surface area contributed by atoms with E-state index in [4.69, 9.17) is 5.84 Å². The molecule has 21 heavy (non-hydrogen) atoms. The van der Waals surface area contributed by atoms with Crippen LogP contribution >= 0.6 is 0 Å². The van der Waals surface area contributed by atoms with E-state index in [2.05, 4.69) is 20.7 Å². The Morgan fingerprint density at radius 2 is 1.76 bits per heavy atom. The van der Waals surface area contributed by atoms with E-state index < -0.39 is 0 Å². The van der Waals surface area contributed by atoms with Crippen molar-refractivity contribution in [1.29, 1.82) is 0 Å². The number of aromatic nitrogens is 2. The van der Waals surface area contributed by atoms with Crippen LogP contribution in [0.2, 0.25) is 0 Å². The number of hydrogen-bond acceptors (Lipinski definition) is 5. The number of nitrogens with zero attached hydrogens (tertiary/aromatic N) is 2. The highest BCUT2D eigenvalue weighted by atomic mass is 19.1. The van der Waals surface area contributed by atoms with Crippen LogP contribution in [0.25, 0.3) is 0 Å². The van der Waals surface area contributed by atoms with Crippen LogP contribution in [-0.4, -0.2) is 9.97 Å². The molecule has 0 atom stereocenters. The molecule has 1 aromatic carbocycles. The second kappa shape index (κ2) is 6.05. The largest absolute Gasteiger partial charge is 0.340 e. The molecule has 0 saturated heterocycles. The molecule has 0 unspecified atom stereocenters. The van der Waals surface area contributed by atoms with E-state index in [0.717, 1.165) is 11.1 Å². The molecule has 0 amide bonds. The molecule has 112 valence electrons. The highest BCUT2D eigenvalue weighted by molar-refractivity contribution is 5.65. The SMILES string of the molecule is Cc1cc(F)cc(Nc2nc(C(C)C)nc(NN)c2C)c1. The number of benzene rings is 1. The zero-order chi connectivity index (χ0) is 15.6. The fraction of sp³-hybridized carbons (Fsp3) is 0.333. The van der Waals surface area contributed by atoms with Crippen molar-refractivity contribution >= 4 is 17.3 Å². The minimum Gasteiger partial charge on any atom is -0.340 e. The summed E-state index contributed by atoms with van der Waals surface area (Å²) in [7, 11) is 0. The zero-order valence-electron chi connectivity index (χ0n) is 12.7. The van der Waals surface area contributed by atoms with E-state index in [0.29, 0.717) is 23.1 Å². The van der Waals surface area contributed by atoms with Crippen LogP contribution in [0.3, 0.4) is 0 Å². The van der Waals surface area contributed by atoms with Crippen LogP contribution in [0, 0.1) is 19.7 Å². The van der Waals surface area contributed by atoms with Crippen molar-refractivity contribution in [2.24, 2.45) is 5.84 Å². The highest BCUT2D eigenvalue weighted by Crippen LogP contribution is 2.26. The number of halogens is 1. The normalized spacial score (nSPS) is 10.8. The number of hydrogen-bond donors (Lipinski definition) is 3. The standard InChI is InChI=1S/C15H20FN5/c1-8(2)13-19-14(10(4)15(20-13)21-17)18-12-6-9(3)5-11(16)7-12/h5-8H,17H2,1-4H3,(H2,18,19,20,21). The third kappa shape index (κ3) is 3.46. The smallest absolute Gasteiger partial charge is 0.148 e. The fourth-order valence-electron chi connectivity index (χ4n) is 2.00. The molecule has 0 spiro atoms.